The first-order chi connectivity index (χ1) is 15.6. The second-order valence-corrected chi connectivity index (χ2v) is 6.82. The molecule has 0 fully saturated rings. The minimum absolute atomic E-state index is 0.0750. The Morgan fingerprint density at radius 1 is 0.909 bits per heavy atom. The fourth-order valence-corrected chi connectivity index (χ4v) is 2.85. The van der Waals surface area contributed by atoms with Gasteiger partial charge in [0.25, 0.3) is 5.91 Å². The van der Waals surface area contributed by atoms with E-state index in [1.54, 1.807) is 0 Å². The van der Waals surface area contributed by atoms with Crippen molar-refractivity contribution in [1.82, 2.24) is 5.48 Å². The van der Waals surface area contributed by atoms with Crippen LogP contribution in [0.3, 0.4) is 0 Å². The number of carbonyl (C=O) groups is 2. The van der Waals surface area contributed by atoms with E-state index in [1.165, 1.54) is 42.7 Å². The molecule has 0 unspecified atom stereocenters. The fourth-order valence-electron chi connectivity index (χ4n) is 2.85. The van der Waals surface area contributed by atoms with Crippen LogP contribution in [0.25, 0.3) is 0 Å². The normalized spacial score (nSPS) is 11.0. The van der Waals surface area contributed by atoms with Crippen molar-refractivity contribution in [3.8, 4) is 11.5 Å². The third kappa shape index (κ3) is 5.98. The molecule has 0 radical (unpaired) electrons. The highest BCUT2D eigenvalue weighted by atomic mass is 19.4. The summed E-state index contributed by atoms with van der Waals surface area (Å²) in [5.74, 6) is -1.65. The number of amides is 3. The van der Waals surface area contributed by atoms with Gasteiger partial charge in [0.2, 0.25) is 0 Å². The van der Waals surface area contributed by atoms with E-state index in [9.17, 15) is 27.2 Å². The van der Waals surface area contributed by atoms with Crippen molar-refractivity contribution in [3.05, 3.63) is 83.2 Å². The number of hydroxylamine groups is 1. The number of halogens is 4. The van der Waals surface area contributed by atoms with Gasteiger partial charge in [-0.25, -0.2) is 14.7 Å². The quantitative estimate of drug-likeness (QED) is 0.221. The SMILES string of the molecule is Cc1cc(F)ccc1Oc1cc(C(F)(F)F)ccc1C(=O)Nc1cccc(NC(=O)NO)c1. The number of benzene rings is 3. The predicted octanol–water partition coefficient (Wildman–Crippen LogP) is 5.71. The largest absolute Gasteiger partial charge is 0.456 e. The van der Waals surface area contributed by atoms with Crippen LogP contribution in [0, 0.1) is 12.7 Å². The molecule has 4 N–H and O–H groups in total. The first-order valence-corrected chi connectivity index (χ1v) is 9.34. The molecule has 0 aliphatic carbocycles. The van der Waals surface area contributed by atoms with E-state index in [0.29, 0.717) is 11.6 Å². The van der Waals surface area contributed by atoms with E-state index in [0.717, 1.165) is 24.3 Å². The maximum absolute atomic E-state index is 13.4. The Balaban J connectivity index is 1.93. The molecular weight excluding hydrogens is 446 g/mol. The Morgan fingerprint density at radius 2 is 1.61 bits per heavy atom. The molecule has 0 saturated heterocycles. The number of urea groups is 1. The van der Waals surface area contributed by atoms with Crippen LogP contribution in [0.1, 0.15) is 21.5 Å². The lowest BCUT2D eigenvalue weighted by Gasteiger charge is -2.16. The summed E-state index contributed by atoms with van der Waals surface area (Å²) in [6.45, 7) is 1.51. The zero-order chi connectivity index (χ0) is 24.2. The van der Waals surface area contributed by atoms with Gasteiger partial charge in [0.1, 0.15) is 17.3 Å². The molecule has 0 spiro atoms. The summed E-state index contributed by atoms with van der Waals surface area (Å²) in [6.07, 6.45) is -4.68. The number of ether oxygens (including phenoxy) is 1. The summed E-state index contributed by atoms with van der Waals surface area (Å²) in [7, 11) is 0. The van der Waals surface area contributed by atoms with E-state index in [2.05, 4.69) is 10.6 Å². The van der Waals surface area contributed by atoms with Gasteiger partial charge in [-0.2, -0.15) is 13.2 Å². The van der Waals surface area contributed by atoms with Crippen molar-refractivity contribution in [2.75, 3.05) is 10.6 Å². The van der Waals surface area contributed by atoms with E-state index in [-0.39, 0.29) is 28.4 Å². The van der Waals surface area contributed by atoms with Gasteiger partial charge in [0.05, 0.1) is 11.1 Å². The number of anilines is 2. The Kier molecular flexibility index (Phi) is 6.83. The molecule has 3 amide bonds. The van der Waals surface area contributed by atoms with Crippen LogP contribution in [0.5, 0.6) is 11.5 Å². The van der Waals surface area contributed by atoms with E-state index in [1.807, 2.05) is 0 Å². The molecule has 0 atom stereocenters. The van der Waals surface area contributed by atoms with Gasteiger partial charge < -0.3 is 15.4 Å². The van der Waals surface area contributed by atoms with Gasteiger partial charge in [-0.3, -0.25) is 10.0 Å². The molecule has 3 rings (SSSR count). The molecule has 172 valence electrons. The van der Waals surface area contributed by atoms with Crippen LogP contribution in [-0.2, 0) is 6.18 Å². The van der Waals surface area contributed by atoms with Crippen LogP contribution in [0.2, 0.25) is 0 Å². The average Bonchev–Trinajstić information content (AvgIpc) is 2.75. The highest BCUT2D eigenvalue weighted by Crippen LogP contribution is 2.36. The Morgan fingerprint density at radius 3 is 2.24 bits per heavy atom. The molecule has 3 aromatic rings. The van der Waals surface area contributed by atoms with E-state index >= 15 is 0 Å². The average molecular weight is 463 g/mol. The Bertz CT molecular complexity index is 1200. The molecule has 11 heteroatoms. The fraction of sp³-hybridized carbons (Fsp3) is 0.0909. The second-order valence-electron chi connectivity index (χ2n) is 6.82. The Labute approximate surface area is 185 Å². The number of nitrogens with one attached hydrogen (secondary N) is 3. The van der Waals surface area contributed by atoms with Crippen LogP contribution < -0.4 is 20.9 Å². The lowest BCUT2D eigenvalue weighted by molar-refractivity contribution is -0.137. The maximum Gasteiger partial charge on any atom is 0.416 e. The van der Waals surface area contributed by atoms with Crippen molar-refractivity contribution in [2.45, 2.75) is 13.1 Å². The topological polar surface area (TPSA) is 99.7 Å². The van der Waals surface area contributed by atoms with Gasteiger partial charge in [0.15, 0.2) is 0 Å². The lowest BCUT2D eigenvalue weighted by Crippen LogP contribution is -2.25. The van der Waals surface area contributed by atoms with Gasteiger partial charge in [0, 0.05) is 11.4 Å². The van der Waals surface area contributed by atoms with E-state index in [4.69, 9.17) is 9.94 Å². The highest BCUT2D eigenvalue weighted by Gasteiger charge is 2.32. The highest BCUT2D eigenvalue weighted by molar-refractivity contribution is 6.06. The number of hydrogen-bond donors (Lipinski definition) is 4. The molecule has 33 heavy (non-hydrogen) atoms. The number of carbonyl (C=O) groups excluding carboxylic acids is 2. The first-order valence-electron chi connectivity index (χ1n) is 9.34. The van der Waals surface area contributed by atoms with Gasteiger partial charge in [-0.15, -0.1) is 0 Å². The maximum atomic E-state index is 13.4. The van der Waals surface area contributed by atoms with Crippen LogP contribution >= 0.6 is 0 Å². The van der Waals surface area contributed by atoms with Crippen LogP contribution in [0.4, 0.5) is 33.7 Å². The summed E-state index contributed by atoms with van der Waals surface area (Å²) in [6, 6.07) is 10.8. The van der Waals surface area contributed by atoms with Gasteiger partial charge >= 0.3 is 12.2 Å². The molecule has 7 nitrogen and oxygen atoms in total. The molecular formula is C22H17F4N3O4. The molecule has 0 heterocycles. The monoisotopic (exact) mass is 463 g/mol. The first kappa shape index (κ1) is 23.5. The lowest BCUT2D eigenvalue weighted by atomic mass is 10.1. The van der Waals surface area contributed by atoms with E-state index < -0.39 is 29.5 Å². The van der Waals surface area contributed by atoms with Crippen molar-refractivity contribution < 1.29 is 37.1 Å². The van der Waals surface area contributed by atoms with Gasteiger partial charge in [-0.05, 0) is 67.1 Å². The summed E-state index contributed by atoms with van der Waals surface area (Å²) in [5.41, 5.74) is 0.898. The number of aryl methyl sites for hydroxylation is 1. The smallest absolute Gasteiger partial charge is 0.416 e. The van der Waals surface area contributed by atoms with Crippen LogP contribution in [-0.4, -0.2) is 17.1 Å². The summed E-state index contributed by atoms with van der Waals surface area (Å²) in [4.78, 5) is 24.1. The molecule has 0 bridgehead atoms. The molecule has 0 saturated carbocycles. The third-order valence-corrected chi connectivity index (χ3v) is 4.39. The zero-order valence-electron chi connectivity index (χ0n) is 17.0. The van der Waals surface area contributed by atoms with Crippen molar-refractivity contribution in [1.29, 1.82) is 0 Å². The summed E-state index contributed by atoms with van der Waals surface area (Å²) in [5, 5.41) is 13.4. The standard InChI is InChI=1S/C22H17F4N3O4/c1-12-9-14(23)6-8-18(12)33-19-10-13(22(24,25)26)5-7-17(19)20(30)27-15-3-2-4-16(11-15)28-21(31)29-32/h2-11,32H,1H3,(H,27,30)(H2,28,29,31). The summed E-state index contributed by atoms with van der Waals surface area (Å²) < 4.78 is 58.6. The van der Waals surface area contributed by atoms with Gasteiger partial charge in [-0.1, -0.05) is 6.07 Å². The predicted molar refractivity (Wildman–Crippen MR) is 111 cm³/mol. The second kappa shape index (κ2) is 9.57. The van der Waals surface area contributed by atoms with Crippen LogP contribution in [0.15, 0.2) is 60.7 Å². The molecule has 3 aromatic carbocycles. The zero-order valence-corrected chi connectivity index (χ0v) is 17.0. The molecule has 0 aliphatic rings. The molecule has 0 aliphatic heterocycles. The number of hydrogen-bond acceptors (Lipinski definition) is 4. The van der Waals surface area contributed by atoms with Crippen molar-refractivity contribution in [3.63, 3.8) is 0 Å². The minimum atomic E-state index is -4.68. The van der Waals surface area contributed by atoms with Crippen molar-refractivity contribution >= 4 is 23.3 Å². The number of alkyl halides is 3. The van der Waals surface area contributed by atoms with Crippen molar-refractivity contribution in [2.24, 2.45) is 0 Å². The molecule has 0 aromatic heterocycles. The third-order valence-electron chi connectivity index (χ3n) is 4.39. The minimum Gasteiger partial charge on any atom is -0.456 e. The Hall–Kier alpha value is -4.12. The summed E-state index contributed by atoms with van der Waals surface area (Å²) >= 11 is 0. The number of rotatable bonds is 5.